The van der Waals surface area contributed by atoms with Crippen LogP contribution in [0.3, 0.4) is 0 Å². The zero-order chi connectivity index (χ0) is 29.6. The van der Waals surface area contributed by atoms with Gasteiger partial charge in [-0.3, -0.25) is 9.69 Å². The van der Waals surface area contributed by atoms with E-state index in [9.17, 15) is 18.0 Å². The molecule has 0 aliphatic heterocycles. The minimum Gasteiger partial charge on any atom is -0.443 e. The van der Waals surface area contributed by atoms with E-state index >= 15 is 0 Å². The van der Waals surface area contributed by atoms with E-state index < -0.39 is 21.7 Å². The van der Waals surface area contributed by atoms with Crippen molar-refractivity contribution in [3.05, 3.63) is 84.4 Å². The molecule has 0 atom stereocenters. The van der Waals surface area contributed by atoms with Crippen molar-refractivity contribution < 1.29 is 22.7 Å². The van der Waals surface area contributed by atoms with Gasteiger partial charge in [0.05, 0.1) is 4.90 Å². The normalized spacial score (nSPS) is 11.6. The number of unbranched alkanes of at least 4 members (excludes halogenated alkanes) is 1. The van der Waals surface area contributed by atoms with Gasteiger partial charge in [-0.15, -0.1) is 10.2 Å². The van der Waals surface area contributed by atoms with Crippen molar-refractivity contribution in [1.82, 2.24) is 14.9 Å². The molecule has 11 heteroatoms. The summed E-state index contributed by atoms with van der Waals surface area (Å²) in [6, 6.07) is 23.3. The number of sulfonamides is 1. The number of ether oxygens (including phenoxy) is 1. The van der Waals surface area contributed by atoms with Crippen molar-refractivity contribution in [2.45, 2.75) is 51.0 Å². The van der Waals surface area contributed by atoms with Gasteiger partial charge in [-0.25, -0.2) is 17.9 Å². The van der Waals surface area contributed by atoms with Crippen LogP contribution in [0.5, 0.6) is 0 Å². The molecule has 0 unspecified atom stereocenters. The summed E-state index contributed by atoms with van der Waals surface area (Å²) in [6.45, 7) is 7.46. The highest BCUT2D eigenvalue weighted by atomic mass is 32.2. The number of carbonyl (C=O) groups is 2. The van der Waals surface area contributed by atoms with Crippen LogP contribution in [0.25, 0.3) is 21.7 Å². The van der Waals surface area contributed by atoms with Gasteiger partial charge >= 0.3 is 6.09 Å². The maximum atomic E-state index is 13.5. The van der Waals surface area contributed by atoms with Crippen LogP contribution < -0.4 is 9.62 Å². The van der Waals surface area contributed by atoms with E-state index in [2.05, 4.69) is 17.1 Å². The second kappa shape index (κ2) is 12.6. The van der Waals surface area contributed by atoms with Crippen molar-refractivity contribution in [1.29, 1.82) is 0 Å². The van der Waals surface area contributed by atoms with Gasteiger partial charge in [0.2, 0.25) is 5.13 Å². The van der Waals surface area contributed by atoms with Crippen molar-refractivity contribution in [2.75, 3.05) is 11.4 Å². The van der Waals surface area contributed by atoms with E-state index in [0.29, 0.717) is 27.8 Å². The van der Waals surface area contributed by atoms with Crippen LogP contribution in [0, 0.1) is 0 Å². The molecule has 1 N–H and O–H groups in total. The molecular formula is C30H32N4O5S2. The Hall–Kier alpha value is -4.09. The Labute approximate surface area is 244 Å². The molecule has 0 aliphatic rings. The zero-order valence-electron chi connectivity index (χ0n) is 23.3. The Balaban J connectivity index is 1.52. The number of benzene rings is 3. The predicted octanol–water partition coefficient (Wildman–Crippen LogP) is 6.53. The maximum absolute atomic E-state index is 13.5. The first-order chi connectivity index (χ1) is 19.5. The summed E-state index contributed by atoms with van der Waals surface area (Å²) in [6.07, 6.45) is 0.636. The molecule has 0 spiro atoms. The lowest BCUT2D eigenvalue weighted by Crippen LogP contribution is -2.36. The molecule has 0 fully saturated rings. The molecule has 2 amide bonds. The van der Waals surface area contributed by atoms with Gasteiger partial charge in [0.25, 0.3) is 15.9 Å². The van der Waals surface area contributed by atoms with Gasteiger partial charge in [0.15, 0.2) is 0 Å². The Bertz CT molecular complexity index is 1600. The second-order valence-corrected chi connectivity index (χ2v) is 12.9. The van der Waals surface area contributed by atoms with Crippen LogP contribution in [-0.4, -0.2) is 42.8 Å². The average Bonchev–Trinajstić information content (AvgIpc) is 3.42. The van der Waals surface area contributed by atoms with Crippen LogP contribution in [0.15, 0.2) is 83.8 Å². The molecule has 0 radical (unpaired) electrons. The third-order valence-electron chi connectivity index (χ3n) is 5.89. The summed E-state index contributed by atoms with van der Waals surface area (Å²) in [5.74, 6) is -0.171. The number of nitrogens with one attached hydrogen (secondary N) is 1. The van der Waals surface area contributed by atoms with Crippen molar-refractivity contribution >= 4 is 38.5 Å². The van der Waals surface area contributed by atoms with Crippen molar-refractivity contribution in [2.24, 2.45) is 0 Å². The molecule has 3 aromatic carbocycles. The van der Waals surface area contributed by atoms with E-state index in [-0.39, 0.29) is 10.8 Å². The summed E-state index contributed by atoms with van der Waals surface area (Å²) in [4.78, 5) is 27.0. The highest BCUT2D eigenvalue weighted by Crippen LogP contribution is 2.31. The largest absolute Gasteiger partial charge is 0.443 e. The molecule has 9 nitrogen and oxygen atoms in total. The van der Waals surface area contributed by atoms with Gasteiger partial charge in [-0.1, -0.05) is 79.3 Å². The lowest BCUT2D eigenvalue weighted by atomic mass is 10.0. The quantitative estimate of drug-likeness (QED) is 0.235. The van der Waals surface area contributed by atoms with Gasteiger partial charge in [0.1, 0.15) is 10.6 Å². The van der Waals surface area contributed by atoms with E-state index in [1.54, 1.807) is 37.8 Å². The standard InChI is InChI=1S/C30H32N4O5S2/c1-5-6-20-34(27(35)24-14-12-22(13-15-24)21-10-8-7-9-11-21)28-32-31-26(40-28)23-16-18-25(19-17-23)41(37,38)33-29(36)39-30(2,3)4/h7-19H,5-6,20H2,1-4H3,(H,33,36). The van der Waals surface area contributed by atoms with Gasteiger partial charge in [0, 0.05) is 17.7 Å². The van der Waals surface area contributed by atoms with E-state index in [0.717, 1.165) is 24.0 Å². The molecule has 0 saturated carbocycles. The fourth-order valence-corrected chi connectivity index (χ4v) is 5.63. The smallest absolute Gasteiger partial charge is 0.421 e. The number of rotatable bonds is 9. The van der Waals surface area contributed by atoms with Crippen molar-refractivity contribution in [3.8, 4) is 21.7 Å². The minimum absolute atomic E-state index is 0.101. The molecule has 214 valence electrons. The molecule has 1 aromatic heterocycles. The van der Waals surface area contributed by atoms with Crippen LogP contribution in [-0.2, 0) is 14.8 Å². The summed E-state index contributed by atoms with van der Waals surface area (Å²) < 4.78 is 32.1. The molecule has 0 saturated heterocycles. The topological polar surface area (TPSA) is 119 Å². The zero-order valence-corrected chi connectivity index (χ0v) is 25.0. The first kappa shape index (κ1) is 29.9. The third kappa shape index (κ3) is 7.77. The summed E-state index contributed by atoms with van der Waals surface area (Å²) >= 11 is 1.24. The number of carbonyl (C=O) groups excluding carboxylic acids is 2. The number of amides is 2. The number of aromatic nitrogens is 2. The number of hydrogen-bond acceptors (Lipinski definition) is 8. The predicted molar refractivity (Wildman–Crippen MR) is 160 cm³/mol. The Kier molecular flexibility index (Phi) is 9.19. The summed E-state index contributed by atoms with van der Waals surface area (Å²) in [5.41, 5.74) is 2.43. The number of hydrogen-bond donors (Lipinski definition) is 1. The molecule has 1 heterocycles. The Morgan fingerprint density at radius 1 is 0.878 bits per heavy atom. The molecule has 4 rings (SSSR count). The SMILES string of the molecule is CCCCN(C(=O)c1ccc(-c2ccccc2)cc1)c1nnc(-c2ccc(S(=O)(=O)NC(=O)OC(C)(C)C)cc2)s1. The second-order valence-electron chi connectivity index (χ2n) is 10.3. The summed E-state index contributed by atoms with van der Waals surface area (Å²) in [5, 5.41) is 9.52. The molecule has 41 heavy (non-hydrogen) atoms. The first-order valence-electron chi connectivity index (χ1n) is 13.1. The maximum Gasteiger partial charge on any atom is 0.421 e. The summed E-state index contributed by atoms with van der Waals surface area (Å²) in [7, 11) is -4.12. The van der Waals surface area contributed by atoms with Crippen LogP contribution in [0.4, 0.5) is 9.93 Å². The number of anilines is 1. The number of nitrogens with zero attached hydrogens (tertiary/aromatic N) is 3. The van der Waals surface area contributed by atoms with Crippen molar-refractivity contribution in [3.63, 3.8) is 0 Å². The molecular weight excluding hydrogens is 560 g/mol. The first-order valence-corrected chi connectivity index (χ1v) is 15.4. The molecule has 0 aliphatic carbocycles. The third-order valence-corrected chi connectivity index (χ3v) is 8.22. The fourth-order valence-electron chi connectivity index (χ4n) is 3.88. The van der Waals surface area contributed by atoms with Gasteiger partial charge in [-0.05, 0) is 62.6 Å². The lowest BCUT2D eigenvalue weighted by molar-refractivity contribution is 0.0570. The van der Waals surface area contributed by atoms with Gasteiger partial charge < -0.3 is 4.74 Å². The Morgan fingerprint density at radius 2 is 1.49 bits per heavy atom. The van der Waals surface area contributed by atoms with Crippen LogP contribution in [0.1, 0.15) is 50.9 Å². The van der Waals surface area contributed by atoms with Crippen LogP contribution >= 0.6 is 11.3 Å². The van der Waals surface area contributed by atoms with Gasteiger partial charge in [-0.2, -0.15) is 0 Å². The fraction of sp³-hybridized carbons (Fsp3) is 0.267. The minimum atomic E-state index is -4.12. The monoisotopic (exact) mass is 592 g/mol. The Morgan fingerprint density at radius 3 is 2.10 bits per heavy atom. The van der Waals surface area contributed by atoms with E-state index in [1.165, 1.54) is 23.5 Å². The highest BCUT2D eigenvalue weighted by molar-refractivity contribution is 7.90. The lowest BCUT2D eigenvalue weighted by Gasteiger charge is -2.19. The van der Waals surface area contributed by atoms with E-state index in [4.69, 9.17) is 4.74 Å². The average molecular weight is 593 g/mol. The molecule has 4 aromatic rings. The highest BCUT2D eigenvalue weighted by Gasteiger charge is 2.24. The van der Waals surface area contributed by atoms with Crippen LogP contribution in [0.2, 0.25) is 0 Å². The van der Waals surface area contributed by atoms with E-state index in [1.807, 2.05) is 59.3 Å². The molecule has 0 bridgehead atoms.